The molecule has 0 amide bonds. The van der Waals surface area contributed by atoms with Gasteiger partial charge in [-0.1, -0.05) is 20.8 Å². The highest BCUT2D eigenvalue weighted by molar-refractivity contribution is 5.81. The van der Waals surface area contributed by atoms with E-state index in [4.69, 9.17) is 0 Å². The molecule has 0 aromatic heterocycles. The third kappa shape index (κ3) is 3.58. The molecule has 0 N–H and O–H groups in total. The van der Waals surface area contributed by atoms with Gasteiger partial charge in [-0.05, 0) is 38.6 Å². The van der Waals surface area contributed by atoms with Gasteiger partial charge in [-0.25, -0.2) is 0 Å². The van der Waals surface area contributed by atoms with Gasteiger partial charge in [0, 0.05) is 24.9 Å². The van der Waals surface area contributed by atoms with E-state index in [0.29, 0.717) is 17.7 Å². The van der Waals surface area contributed by atoms with Crippen molar-refractivity contribution >= 4 is 5.78 Å². The first-order valence-corrected chi connectivity index (χ1v) is 6.85. The third-order valence-corrected chi connectivity index (χ3v) is 4.10. The molecular formula is C14H27NO. The van der Waals surface area contributed by atoms with Gasteiger partial charge < -0.3 is 4.90 Å². The van der Waals surface area contributed by atoms with Crippen molar-refractivity contribution in [2.45, 2.75) is 59.4 Å². The molecule has 1 aliphatic carbocycles. The summed E-state index contributed by atoms with van der Waals surface area (Å²) in [7, 11) is 0. The summed E-state index contributed by atoms with van der Waals surface area (Å²) in [6, 6.07) is 0.607. The Labute approximate surface area is 100 Å². The molecule has 0 spiro atoms. The zero-order valence-electron chi connectivity index (χ0n) is 11.3. The van der Waals surface area contributed by atoms with Crippen molar-refractivity contribution in [3.8, 4) is 0 Å². The lowest BCUT2D eigenvalue weighted by Gasteiger charge is -2.33. The number of hydrogen-bond donors (Lipinski definition) is 0. The van der Waals surface area contributed by atoms with Crippen molar-refractivity contribution in [1.29, 1.82) is 0 Å². The highest BCUT2D eigenvalue weighted by Gasteiger charge is 2.28. The Morgan fingerprint density at radius 2 is 2.12 bits per heavy atom. The van der Waals surface area contributed by atoms with E-state index < -0.39 is 0 Å². The van der Waals surface area contributed by atoms with Crippen LogP contribution in [0.3, 0.4) is 0 Å². The summed E-state index contributed by atoms with van der Waals surface area (Å²) in [4.78, 5) is 14.3. The Balaban J connectivity index is 2.52. The molecule has 0 aliphatic heterocycles. The molecule has 1 fully saturated rings. The standard InChI is InChI=1S/C14H27NO/c1-5-12(4)15(6-2)10-13-9-11(3)7-8-14(13)16/h11-13H,5-10H2,1-4H3. The van der Waals surface area contributed by atoms with Crippen molar-refractivity contribution in [3.05, 3.63) is 0 Å². The average Bonchev–Trinajstić information content (AvgIpc) is 2.29. The quantitative estimate of drug-likeness (QED) is 0.716. The largest absolute Gasteiger partial charge is 0.300 e. The van der Waals surface area contributed by atoms with Crippen molar-refractivity contribution in [2.75, 3.05) is 13.1 Å². The van der Waals surface area contributed by atoms with Crippen molar-refractivity contribution in [2.24, 2.45) is 11.8 Å². The average molecular weight is 225 g/mol. The number of carbonyl (C=O) groups is 1. The van der Waals surface area contributed by atoms with Crippen molar-refractivity contribution < 1.29 is 4.79 Å². The second-order valence-electron chi connectivity index (χ2n) is 5.39. The van der Waals surface area contributed by atoms with Crippen LogP contribution in [0.25, 0.3) is 0 Å². The molecule has 2 heteroatoms. The minimum absolute atomic E-state index is 0.303. The minimum Gasteiger partial charge on any atom is -0.300 e. The Morgan fingerprint density at radius 3 is 2.69 bits per heavy atom. The minimum atomic E-state index is 0.303. The lowest BCUT2D eigenvalue weighted by Crippen LogP contribution is -2.40. The van der Waals surface area contributed by atoms with Gasteiger partial charge in [-0.15, -0.1) is 0 Å². The summed E-state index contributed by atoms with van der Waals surface area (Å²) in [6.45, 7) is 11.0. The highest BCUT2D eigenvalue weighted by atomic mass is 16.1. The Kier molecular flexibility index (Phi) is 5.47. The van der Waals surface area contributed by atoms with E-state index >= 15 is 0 Å². The molecule has 94 valence electrons. The molecule has 0 bridgehead atoms. The molecule has 1 aliphatic rings. The van der Waals surface area contributed by atoms with Crippen LogP contribution in [0.1, 0.15) is 53.4 Å². The summed E-state index contributed by atoms with van der Waals surface area (Å²) in [6.07, 6.45) is 4.19. The highest BCUT2D eigenvalue weighted by Crippen LogP contribution is 2.27. The van der Waals surface area contributed by atoms with Gasteiger partial charge in [0.25, 0.3) is 0 Å². The maximum atomic E-state index is 11.9. The van der Waals surface area contributed by atoms with E-state index in [9.17, 15) is 4.79 Å². The maximum absolute atomic E-state index is 11.9. The molecule has 1 saturated carbocycles. The van der Waals surface area contributed by atoms with Gasteiger partial charge in [0.15, 0.2) is 0 Å². The van der Waals surface area contributed by atoms with Crippen LogP contribution in [0.5, 0.6) is 0 Å². The van der Waals surface area contributed by atoms with Crippen LogP contribution < -0.4 is 0 Å². The summed E-state index contributed by atoms with van der Waals surface area (Å²) >= 11 is 0. The maximum Gasteiger partial charge on any atom is 0.137 e. The van der Waals surface area contributed by atoms with Gasteiger partial charge in [0.1, 0.15) is 5.78 Å². The van der Waals surface area contributed by atoms with Crippen LogP contribution in [0, 0.1) is 11.8 Å². The van der Waals surface area contributed by atoms with Crippen molar-refractivity contribution in [3.63, 3.8) is 0 Å². The van der Waals surface area contributed by atoms with E-state index in [1.54, 1.807) is 0 Å². The molecule has 3 atom stereocenters. The lowest BCUT2D eigenvalue weighted by atomic mass is 9.81. The summed E-state index contributed by atoms with van der Waals surface area (Å²) in [5.41, 5.74) is 0. The SMILES string of the molecule is CCC(C)N(CC)CC1CC(C)CCC1=O. The first-order valence-electron chi connectivity index (χ1n) is 6.85. The Morgan fingerprint density at radius 1 is 1.44 bits per heavy atom. The number of hydrogen-bond acceptors (Lipinski definition) is 2. The number of nitrogens with zero attached hydrogens (tertiary/aromatic N) is 1. The summed E-state index contributed by atoms with van der Waals surface area (Å²) < 4.78 is 0. The van der Waals surface area contributed by atoms with E-state index in [1.807, 2.05) is 0 Å². The fourth-order valence-corrected chi connectivity index (χ4v) is 2.67. The molecule has 3 unspecified atom stereocenters. The fourth-order valence-electron chi connectivity index (χ4n) is 2.67. The van der Waals surface area contributed by atoms with E-state index in [-0.39, 0.29) is 0 Å². The molecule has 1 rings (SSSR count). The Hall–Kier alpha value is -0.370. The molecular weight excluding hydrogens is 198 g/mol. The number of carbonyl (C=O) groups excluding carboxylic acids is 1. The molecule has 0 saturated heterocycles. The third-order valence-electron chi connectivity index (χ3n) is 4.10. The second-order valence-corrected chi connectivity index (χ2v) is 5.39. The van der Waals surface area contributed by atoms with Gasteiger partial charge in [0.2, 0.25) is 0 Å². The van der Waals surface area contributed by atoms with Gasteiger partial charge >= 0.3 is 0 Å². The number of ketones is 1. The van der Waals surface area contributed by atoms with Crippen LogP contribution in [0.2, 0.25) is 0 Å². The predicted molar refractivity (Wildman–Crippen MR) is 68.5 cm³/mol. The zero-order valence-corrected chi connectivity index (χ0v) is 11.3. The van der Waals surface area contributed by atoms with E-state index in [1.165, 1.54) is 6.42 Å². The van der Waals surface area contributed by atoms with Crippen molar-refractivity contribution in [1.82, 2.24) is 4.90 Å². The summed E-state index contributed by atoms with van der Waals surface area (Å²) in [5, 5.41) is 0. The van der Waals surface area contributed by atoms with Crippen LogP contribution in [-0.4, -0.2) is 29.8 Å². The first kappa shape index (κ1) is 13.7. The lowest BCUT2D eigenvalue weighted by molar-refractivity contribution is -0.126. The molecule has 0 heterocycles. The van der Waals surface area contributed by atoms with Crippen LogP contribution in [0.4, 0.5) is 0 Å². The molecule has 0 radical (unpaired) electrons. The fraction of sp³-hybridized carbons (Fsp3) is 0.929. The smallest absolute Gasteiger partial charge is 0.137 e. The molecule has 0 aromatic rings. The summed E-state index contributed by atoms with van der Waals surface area (Å²) in [5.74, 6) is 1.54. The topological polar surface area (TPSA) is 20.3 Å². The van der Waals surface area contributed by atoms with Crippen LogP contribution in [0.15, 0.2) is 0 Å². The van der Waals surface area contributed by atoms with Gasteiger partial charge in [-0.3, -0.25) is 4.79 Å². The predicted octanol–water partition coefficient (Wildman–Crippen LogP) is 3.11. The van der Waals surface area contributed by atoms with E-state index in [0.717, 1.165) is 38.3 Å². The van der Waals surface area contributed by atoms with Gasteiger partial charge in [0.05, 0.1) is 0 Å². The number of rotatable bonds is 5. The van der Waals surface area contributed by atoms with Gasteiger partial charge in [-0.2, -0.15) is 0 Å². The molecule has 2 nitrogen and oxygen atoms in total. The van der Waals surface area contributed by atoms with E-state index in [2.05, 4.69) is 32.6 Å². The van der Waals surface area contributed by atoms with Crippen LogP contribution in [-0.2, 0) is 4.79 Å². The monoisotopic (exact) mass is 225 g/mol. The molecule has 16 heavy (non-hydrogen) atoms. The first-order chi connectivity index (χ1) is 7.58. The number of Topliss-reactive ketones (excluding diaryl/α,β-unsaturated/α-hetero) is 1. The molecule has 0 aromatic carbocycles. The second kappa shape index (κ2) is 6.39. The van der Waals surface area contributed by atoms with Crippen LogP contribution >= 0.6 is 0 Å². The normalized spacial score (nSPS) is 28.4. The Bertz CT molecular complexity index is 227. The zero-order chi connectivity index (χ0) is 12.1.